The lowest BCUT2D eigenvalue weighted by atomic mass is 10.1. The van der Waals surface area contributed by atoms with Gasteiger partial charge in [0.05, 0.1) is 17.4 Å². The SMILES string of the molecule is CC(=O)Nc1ccccc1NC1CN(C(=O)OC(C)(C)C)C1. The van der Waals surface area contributed by atoms with E-state index in [0.29, 0.717) is 13.1 Å². The van der Waals surface area contributed by atoms with Crippen LogP contribution in [0.5, 0.6) is 0 Å². The van der Waals surface area contributed by atoms with Gasteiger partial charge in [-0.15, -0.1) is 0 Å². The topological polar surface area (TPSA) is 70.7 Å². The highest BCUT2D eigenvalue weighted by Crippen LogP contribution is 2.24. The number of carbonyl (C=O) groups is 2. The second-order valence-corrected chi connectivity index (χ2v) is 6.45. The molecule has 0 spiro atoms. The third-order valence-corrected chi connectivity index (χ3v) is 3.13. The maximum Gasteiger partial charge on any atom is 0.410 e. The van der Waals surface area contributed by atoms with Gasteiger partial charge in [0.2, 0.25) is 5.91 Å². The lowest BCUT2D eigenvalue weighted by Gasteiger charge is -2.40. The van der Waals surface area contributed by atoms with Crippen LogP contribution in [0.4, 0.5) is 16.2 Å². The Bertz CT molecular complexity index is 560. The fourth-order valence-corrected chi connectivity index (χ4v) is 2.17. The fraction of sp³-hybridized carbons (Fsp3) is 0.500. The van der Waals surface area contributed by atoms with Crippen molar-refractivity contribution in [1.82, 2.24) is 4.90 Å². The number of hydrogen-bond donors (Lipinski definition) is 2. The smallest absolute Gasteiger partial charge is 0.410 e. The van der Waals surface area contributed by atoms with Gasteiger partial charge < -0.3 is 20.3 Å². The van der Waals surface area contributed by atoms with E-state index in [-0.39, 0.29) is 18.0 Å². The van der Waals surface area contributed by atoms with Crippen LogP contribution in [-0.2, 0) is 9.53 Å². The van der Waals surface area contributed by atoms with Gasteiger partial charge in [-0.05, 0) is 32.9 Å². The lowest BCUT2D eigenvalue weighted by Crippen LogP contribution is -2.57. The van der Waals surface area contributed by atoms with E-state index in [1.807, 2.05) is 45.0 Å². The maximum absolute atomic E-state index is 11.9. The predicted octanol–water partition coefficient (Wildman–Crippen LogP) is 2.68. The first-order valence-electron chi connectivity index (χ1n) is 7.36. The molecule has 1 fully saturated rings. The molecule has 2 N–H and O–H groups in total. The molecular weight excluding hydrogens is 282 g/mol. The minimum atomic E-state index is -0.479. The second-order valence-electron chi connectivity index (χ2n) is 6.45. The summed E-state index contributed by atoms with van der Waals surface area (Å²) < 4.78 is 5.32. The number of para-hydroxylation sites is 2. The summed E-state index contributed by atoms with van der Waals surface area (Å²) in [5, 5.41) is 6.12. The summed E-state index contributed by atoms with van der Waals surface area (Å²) in [7, 11) is 0. The number of benzene rings is 1. The Morgan fingerprint density at radius 1 is 1.18 bits per heavy atom. The molecule has 2 rings (SSSR count). The first kappa shape index (κ1) is 16.1. The minimum absolute atomic E-state index is 0.113. The van der Waals surface area contributed by atoms with Crippen LogP contribution in [-0.4, -0.2) is 41.6 Å². The molecular formula is C16H23N3O3. The quantitative estimate of drug-likeness (QED) is 0.900. The van der Waals surface area contributed by atoms with E-state index in [0.717, 1.165) is 11.4 Å². The van der Waals surface area contributed by atoms with Crippen molar-refractivity contribution >= 4 is 23.4 Å². The van der Waals surface area contributed by atoms with Gasteiger partial charge in [0.1, 0.15) is 5.60 Å². The molecule has 0 atom stereocenters. The molecule has 1 aliphatic heterocycles. The molecule has 22 heavy (non-hydrogen) atoms. The fourth-order valence-electron chi connectivity index (χ4n) is 2.17. The molecule has 0 saturated carbocycles. The summed E-state index contributed by atoms with van der Waals surface area (Å²) in [6.07, 6.45) is -0.291. The molecule has 0 unspecified atom stereocenters. The standard InChI is InChI=1S/C16H23N3O3/c1-11(20)17-13-7-5-6-8-14(13)18-12-9-19(10-12)15(21)22-16(2,3)4/h5-8,12,18H,9-10H2,1-4H3,(H,17,20). The zero-order valence-electron chi connectivity index (χ0n) is 13.5. The first-order chi connectivity index (χ1) is 10.2. The Kier molecular flexibility index (Phi) is 4.59. The van der Waals surface area contributed by atoms with Crippen molar-refractivity contribution in [3.05, 3.63) is 24.3 Å². The molecule has 1 aliphatic rings. The van der Waals surface area contributed by atoms with Crippen LogP contribution in [0.1, 0.15) is 27.7 Å². The average Bonchev–Trinajstić information content (AvgIpc) is 2.32. The number of ether oxygens (including phenoxy) is 1. The summed E-state index contributed by atoms with van der Waals surface area (Å²) >= 11 is 0. The Morgan fingerprint density at radius 3 is 2.32 bits per heavy atom. The average molecular weight is 305 g/mol. The Labute approximate surface area is 130 Å². The molecule has 2 amide bonds. The van der Waals surface area contributed by atoms with Gasteiger partial charge in [-0.3, -0.25) is 4.79 Å². The highest BCUT2D eigenvalue weighted by atomic mass is 16.6. The van der Waals surface area contributed by atoms with Gasteiger partial charge in [-0.25, -0.2) is 4.79 Å². The third-order valence-electron chi connectivity index (χ3n) is 3.13. The number of carbonyl (C=O) groups excluding carboxylic acids is 2. The molecule has 1 heterocycles. The van der Waals surface area contributed by atoms with Crippen molar-refractivity contribution in [3.63, 3.8) is 0 Å². The second kappa shape index (κ2) is 6.25. The number of nitrogens with one attached hydrogen (secondary N) is 2. The van der Waals surface area contributed by atoms with E-state index in [1.54, 1.807) is 4.90 Å². The van der Waals surface area contributed by atoms with Crippen molar-refractivity contribution < 1.29 is 14.3 Å². The number of hydrogen-bond acceptors (Lipinski definition) is 4. The Hall–Kier alpha value is -2.24. The highest BCUT2D eigenvalue weighted by molar-refractivity contribution is 5.92. The van der Waals surface area contributed by atoms with E-state index >= 15 is 0 Å². The first-order valence-corrected chi connectivity index (χ1v) is 7.36. The van der Waals surface area contributed by atoms with Gasteiger partial charge in [0.25, 0.3) is 0 Å². The number of anilines is 2. The summed E-state index contributed by atoms with van der Waals surface area (Å²) in [5.41, 5.74) is 1.12. The van der Waals surface area contributed by atoms with Crippen molar-refractivity contribution in [3.8, 4) is 0 Å². The van der Waals surface area contributed by atoms with Gasteiger partial charge in [-0.1, -0.05) is 12.1 Å². The lowest BCUT2D eigenvalue weighted by molar-refractivity contribution is -0.114. The van der Waals surface area contributed by atoms with E-state index in [2.05, 4.69) is 10.6 Å². The molecule has 120 valence electrons. The van der Waals surface area contributed by atoms with Crippen molar-refractivity contribution in [2.75, 3.05) is 23.7 Å². The van der Waals surface area contributed by atoms with Crippen LogP contribution in [0.25, 0.3) is 0 Å². The normalized spacial score (nSPS) is 15.0. The Balaban J connectivity index is 1.88. The summed E-state index contributed by atoms with van der Waals surface area (Å²) in [4.78, 5) is 24.7. The maximum atomic E-state index is 11.9. The van der Waals surface area contributed by atoms with Gasteiger partial charge in [0, 0.05) is 20.0 Å². The van der Waals surface area contributed by atoms with E-state index < -0.39 is 5.60 Å². The van der Waals surface area contributed by atoms with Crippen LogP contribution in [0.15, 0.2) is 24.3 Å². The van der Waals surface area contributed by atoms with Crippen LogP contribution in [0, 0.1) is 0 Å². The number of rotatable bonds is 3. The number of likely N-dealkylation sites (tertiary alicyclic amines) is 1. The van der Waals surface area contributed by atoms with Crippen LogP contribution in [0.2, 0.25) is 0 Å². The van der Waals surface area contributed by atoms with Gasteiger partial charge in [-0.2, -0.15) is 0 Å². The largest absolute Gasteiger partial charge is 0.444 e. The van der Waals surface area contributed by atoms with E-state index in [1.165, 1.54) is 6.92 Å². The number of nitrogens with zero attached hydrogens (tertiary/aromatic N) is 1. The molecule has 0 aliphatic carbocycles. The monoisotopic (exact) mass is 305 g/mol. The molecule has 6 nitrogen and oxygen atoms in total. The van der Waals surface area contributed by atoms with Crippen molar-refractivity contribution in [2.24, 2.45) is 0 Å². The molecule has 1 aromatic carbocycles. The van der Waals surface area contributed by atoms with Crippen molar-refractivity contribution in [1.29, 1.82) is 0 Å². The van der Waals surface area contributed by atoms with E-state index in [9.17, 15) is 9.59 Å². The van der Waals surface area contributed by atoms with Crippen LogP contribution >= 0.6 is 0 Å². The third kappa shape index (κ3) is 4.38. The minimum Gasteiger partial charge on any atom is -0.444 e. The molecule has 1 aromatic rings. The number of amides is 2. The molecule has 0 radical (unpaired) electrons. The van der Waals surface area contributed by atoms with Crippen molar-refractivity contribution in [2.45, 2.75) is 39.3 Å². The Morgan fingerprint density at radius 2 is 1.77 bits per heavy atom. The van der Waals surface area contributed by atoms with Gasteiger partial charge >= 0.3 is 6.09 Å². The van der Waals surface area contributed by atoms with Crippen LogP contribution in [0.3, 0.4) is 0 Å². The predicted molar refractivity (Wildman–Crippen MR) is 86.0 cm³/mol. The zero-order chi connectivity index (χ0) is 16.3. The molecule has 0 bridgehead atoms. The summed E-state index contributed by atoms with van der Waals surface area (Å²) in [6, 6.07) is 7.67. The molecule has 0 aromatic heterocycles. The van der Waals surface area contributed by atoms with Crippen LogP contribution < -0.4 is 10.6 Å². The molecule has 6 heteroatoms. The van der Waals surface area contributed by atoms with E-state index in [4.69, 9.17) is 4.74 Å². The highest BCUT2D eigenvalue weighted by Gasteiger charge is 2.33. The summed E-state index contributed by atoms with van der Waals surface area (Å²) in [5.74, 6) is -0.113. The summed E-state index contributed by atoms with van der Waals surface area (Å²) in [6.45, 7) is 8.20. The van der Waals surface area contributed by atoms with Gasteiger partial charge in [0.15, 0.2) is 0 Å². The zero-order valence-corrected chi connectivity index (χ0v) is 13.5. The molecule has 1 saturated heterocycles.